The molecule has 7 nitrogen and oxygen atoms in total. The van der Waals surface area contributed by atoms with Gasteiger partial charge in [-0.2, -0.15) is 0 Å². The molecule has 1 atom stereocenters. The number of benzene rings is 1. The van der Waals surface area contributed by atoms with Crippen LogP contribution >= 0.6 is 0 Å². The van der Waals surface area contributed by atoms with Gasteiger partial charge < -0.3 is 23.7 Å². The van der Waals surface area contributed by atoms with E-state index in [4.69, 9.17) is 23.7 Å². The van der Waals surface area contributed by atoms with Gasteiger partial charge in [-0.25, -0.2) is 0 Å². The molecule has 0 radical (unpaired) electrons. The van der Waals surface area contributed by atoms with Gasteiger partial charge in [-0.3, -0.25) is 9.59 Å². The van der Waals surface area contributed by atoms with E-state index in [0.29, 0.717) is 29.2 Å². The van der Waals surface area contributed by atoms with Crippen LogP contribution in [0.2, 0.25) is 0 Å². The van der Waals surface area contributed by atoms with E-state index >= 15 is 0 Å². The highest BCUT2D eigenvalue weighted by Crippen LogP contribution is 2.64. The van der Waals surface area contributed by atoms with Crippen molar-refractivity contribution in [2.45, 2.75) is 26.2 Å². The molecule has 2 rings (SSSR count). The van der Waals surface area contributed by atoms with Gasteiger partial charge in [0.2, 0.25) is 5.75 Å². The minimum atomic E-state index is -1.33. The third-order valence-electron chi connectivity index (χ3n) is 4.35. The summed E-state index contributed by atoms with van der Waals surface area (Å²) < 4.78 is 26.4. The smallest absolute Gasteiger partial charge is 0.324 e. The standard InChI is InChI=1S/C18H24O7/c1-6-24-16(19)18(17(20)25-7-2)10-12(18)11-8-9-13(21-3)15(23-5)14(11)22-4/h8-9,12H,6-7,10H2,1-5H3. The Morgan fingerprint density at radius 1 is 0.960 bits per heavy atom. The van der Waals surface area contributed by atoms with E-state index in [2.05, 4.69) is 0 Å². The van der Waals surface area contributed by atoms with Crippen LogP contribution in [0.1, 0.15) is 31.7 Å². The van der Waals surface area contributed by atoms with Gasteiger partial charge in [0, 0.05) is 11.5 Å². The third kappa shape index (κ3) is 3.10. The summed E-state index contributed by atoms with van der Waals surface area (Å²) in [5.74, 6) is -0.203. The van der Waals surface area contributed by atoms with Crippen LogP contribution in [0.15, 0.2) is 12.1 Å². The second kappa shape index (κ2) is 7.63. The van der Waals surface area contributed by atoms with E-state index < -0.39 is 23.3 Å². The molecule has 0 aliphatic heterocycles. The molecule has 0 spiro atoms. The molecule has 1 aromatic carbocycles. The Kier molecular flexibility index (Phi) is 5.77. The first-order valence-electron chi connectivity index (χ1n) is 8.15. The summed E-state index contributed by atoms with van der Waals surface area (Å²) >= 11 is 0. The molecule has 1 aliphatic carbocycles. The predicted molar refractivity (Wildman–Crippen MR) is 89.2 cm³/mol. The van der Waals surface area contributed by atoms with Gasteiger partial charge in [0.1, 0.15) is 0 Å². The minimum Gasteiger partial charge on any atom is -0.493 e. The molecule has 0 aromatic heterocycles. The lowest BCUT2D eigenvalue weighted by Crippen LogP contribution is -2.31. The van der Waals surface area contributed by atoms with Crippen LogP contribution in [-0.4, -0.2) is 46.5 Å². The second-order valence-corrected chi connectivity index (χ2v) is 5.59. The van der Waals surface area contributed by atoms with Gasteiger partial charge >= 0.3 is 11.9 Å². The van der Waals surface area contributed by atoms with Crippen LogP contribution in [0.5, 0.6) is 17.2 Å². The summed E-state index contributed by atoms with van der Waals surface area (Å²) in [7, 11) is 4.52. The number of carbonyl (C=O) groups is 2. The zero-order valence-electron chi connectivity index (χ0n) is 15.2. The van der Waals surface area contributed by atoms with Gasteiger partial charge in [-0.05, 0) is 26.3 Å². The molecule has 25 heavy (non-hydrogen) atoms. The highest BCUT2D eigenvalue weighted by atomic mass is 16.6. The van der Waals surface area contributed by atoms with Crippen molar-refractivity contribution in [1.82, 2.24) is 0 Å². The largest absolute Gasteiger partial charge is 0.493 e. The lowest BCUT2D eigenvalue weighted by molar-refractivity contribution is -0.164. The first-order chi connectivity index (χ1) is 12.0. The van der Waals surface area contributed by atoms with Crippen molar-refractivity contribution >= 4 is 11.9 Å². The number of hydrogen-bond acceptors (Lipinski definition) is 7. The fraction of sp³-hybridized carbons (Fsp3) is 0.556. The number of rotatable bonds is 8. The maximum atomic E-state index is 12.5. The third-order valence-corrected chi connectivity index (χ3v) is 4.35. The van der Waals surface area contributed by atoms with E-state index in [9.17, 15) is 9.59 Å². The number of esters is 2. The van der Waals surface area contributed by atoms with Gasteiger partial charge in [-0.1, -0.05) is 6.07 Å². The summed E-state index contributed by atoms with van der Waals surface area (Å²) in [6.45, 7) is 3.78. The second-order valence-electron chi connectivity index (χ2n) is 5.59. The lowest BCUT2D eigenvalue weighted by Gasteiger charge is -2.18. The van der Waals surface area contributed by atoms with Gasteiger partial charge in [0.25, 0.3) is 0 Å². The zero-order chi connectivity index (χ0) is 18.6. The molecule has 1 aromatic rings. The topological polar surface area (TPSA) is 80.3 Å². The molecule has 1 aliphatic rings. The lowest BCUT2D eigenvalue weighted by atomic mass is 9.97. The Bertz CT molecular complexity index is 635. The SMILES string of the molecule is CCOC(=O)C1(C(=O)OCC)CC1c1ccc(OC)c(OC)c1OC. The average Bonchev–Trinajstić information content (AvgIpc) is 3.37. The molecule has 138 valence electrons. The molecule has 0 heterocycles. The van der Waals surface area contributed by atoms with Crippen molar-refractivity contribution in [2.75, 3.05) is 34.5 Å². The van der Waals surface area contributed by atoms with E-state index in [1.165, 1.54) is 21.3 Å². The van der Waals surface area contributed by atoms with Crippen molar-refractivity contribution in [1.29, 1.82) is 0 Å². The molecule has 7 heteroatoms. The molecule has 0 amide bonds. The molecule has 0 bridgehead atoms. The number of carbonyl (C=O) groups excluding carboxylic acids is 2. The molecule has 0 N–H and O–H groups in total. The summed E-state index contributed by atoms with van der Waals surface area (Å²) in [6.07, 6.45) is 0.302. The van der Waals surface area contributed by atoms with Crippen LogP contribution in [0.3, 0.4) is 0 Å². The summed E-state index contributed by atoms with van der Waals surface area (Å²) in [6, 6.07) is 3.49. The Morgan fingerprint density at radius 2 is 1.52 bits per heavy atom. The normalized spacial score (nSPS) is 17.4. The Balaban J connectivity index is 2.48. The Morgan fingerprint density at radius 3 is 1.96 bits per heavy atom. The van der Waals surface area contributed by atoms with E-state index in [0.717, 1.165) is 0 Å². The molecule has 0 saturated heterocycles. The van der Waals surface area contributed by atoms with Crippen molar-refractivity contribution in [3.8, 4) is 17.2 Å². The van der Waals surface area contributed by atoms with Gasteiger partial charge in [-0.15, -0.1) is 0 Å². The quantitative estimate of drug-likeness (QED) is 0.524. The van der Waals surface area contributed by atoms with Crippen molar-refractivity contribution < 1.29 is 33.3 Å². The summed E-state index contributed by atoms with van der Waals surface area (Å²) in [4.78, 5) is 25.0. The maximum absolute atomic E-state index is 12.5. The fourth-order valence-corrected chi connectivity index (χ4v) is 3.09. The van der Waals surface area contributed by atoms with E-state index in [1.54, 1.807) is 26.0 Å². The molecule has 1 fully saturated rings. The Labute approximate surface area is 147 Å². The predicted octanol–water partition coefficient (Wildman–Crippen LogP) is 2.31. The zero-order valence-corrected chi connectivity index (χ0v) is 15.2. The maximum Gasteiger partial charge on any atom is 0.324 e. The first-order valence-corrected chi connectivity index (χ1v) is 8.15. The first kappa shape index (κ1) is 18.9. The Hall–Kier alpha value is -2.44. The highest BCUT2D eigenvalue weighted by molar-refractivity contribution is 6.05. The molecular formula is C18H24O7. The van der Waals surface area contributed by atoms with Crippen LogP contribution in [-0.2, 0) is 19.1 Å². The highest BCUT2D eigenvalue weighted by Gasteiger charge is 2.69. The fourth-order valence-electron chi connectivity index (χ4n) is 3.09. The monoisotopic (exact) mass is 352 g/mol. The van der Waals surface area contributed by atoms with Crippen LogP contribution in [0.4, 0.5) is 0 Å². The van der Waals surface area contributed by atoms with Crippen molar-refractivity contribution in [2.24, 2.45) is 5.41 Å². The van der Waals surface area contributed by atoms with Gasteiger partial charge in [0.05, 0.1) is 34.5 Å². The average molecular weight is 352 g/mol. The van der Waals surface area contributed by atoms with E-state index in [1.807, 2.05) is 0 Å². The molecule has 1 saturated carbocycles. The van der Waals surface area contributed by atoms with Gasteiger partial charge in [0.15, 0.2) is 16.9 Å². The number of methoxy groups -OCH3 is 3. The van der Waals surface area contributed by atoms with Crippen molar-refractivity contribution in [3.05, 3.63) is 17.7 Å². The van der Waals surface area contributed by atoms with Crippen molar-refractivity contribution in [3.63, 3.8) is 0 Å². The number of hydrogen-bond donors (Lipinski definition) is 0. The van der Waals surface area contributed by atoms with Crippen LogP contribution in [0.25, 0.3) is 0 Å². The van der Waals surface area contributed by atoms with Crippen LogP contribution in [0, 0.1) is 5.41 Å². The van der Waals surface area contributed by atoms with E-state index in [-0.39, 0.29) is 13.2 Å². The number of ether oxygens (including phenoxy) is 5. The summed E-state index contributed by atoms with van der Waals surface area (Å²) in [5.41, 5.74) is -0.653. The minimum absolute atomic E-state index is 0.190. The molecule has 1 unspecified atom stereocenters. The molecular weight excluding hydrogens is 328 g/mol. The summed E-state index contributed by atoms with van der Waals surface area (Å²) in [5, 5.41) is 0. The van der Waals surface area contributed by atoms with Crippen LogP contribution < -0.4 is 14.2 Å².